The van der Waals surface area contributed by atoms with Gasteiger partial charge in [-0.1, -0.05) is 19.1 Å². The van der Waals surface area contributed by atoms with Gasteiger partial charge < -0.3 is 15.0 Å². The lowest BCUT2D eigenvalue weighted by Gasteiger charge is -2.35. The average molecular weight is 381 g/mol. The summed E-state index contributed by atoms with van der Waals surface area (Å²) in [5, 5.41) is 3.22. The predicted octanol–water partition coefficient (Wildman–Crippen LogP) is 4.41. The number of benzene rings is 1. The fourth-order valence-corrected chi connectivity index (χ4v) is 3.60. The highest BCUT2D eigenvalue weighted by Gasteiger charge is 2.27. The van der Waals surface area contributed by atoms with Crippen molar-refractivity contribution in [1.82, 2.24) is 9.88 Å². The molecular weight excluding hydrogens is 354 g/mol. The number of ether oxygens (including phenoxy) is 1. The molecule has 1 fully saturated rings. The SMILES string of the molecule is CCOC(=O)c1ccccc1Nc1ccnc(C(=O)N2CCCCC2CC)c1. The summed E-state index contributed by atoms with van der Waals surface area (Å²) in [6.07, 6.45) is 5.83. The molecule has 0 radical (unpaired) electrons. The first-order valence-corrected chi connectivity index (χ1v) is 9.94. The molecule has 6 nitrogen and oxygen atoms in total. The molecule has 2 heterocycles. The highest BCUT2D eigenvalue weighted by atomic mass is 16.5. The lowest BCUT2D eigenvalue weighted by atomic mass is 9.99. The normalized spacial score (nSPS) is 16.5. The van der Waals surface area contributed by atoms with Crippen LogP contribution in [-0.4, -0.2) is 41.0 Å². The van der Waals surface area contributed by atoms with Crippen LogP contribution in [0.4, 0.5) is 11.4 Å². The quantitative estimate of drug-likeness (QED) is 0.751. The number of piperidine rings is 1. The average Bonchev–Trinajstić information content (AvgIpc) is 2.74. The number of likely N-dealkylation sites (tertiary alicyclic amines) is 1. The Labute approximate surface area is 165 Å². The van der Waals surface area contributed by atoms with Gasteiger partial charge in [-0.25, -0.2) is 4.79 Å². The second-order valence-electron chi connectivity index (χ2n) is 6.88. The molecule has 6 heteroatoms. The summed E-state index contributed by atoms with van der Waals surface area (Å²) in [7, 11) is 0. The lowest BCUT2D eigenvalue weighted by Crippen LogP contribution is -2.43. The maximum atomic E-state index is 13.0. The number of nitrogens with zero attached hydrogens (tertiary/aromatic N) is 2. The van der Waals surface area contributed by atoms with Crippen molar-refractivity contribution in [3.63, 3.8) is 0 Å². The zero-order valence-corrected chi connectivity index (χ0v) is 16.5. The van der Waals surface area contributed by atoms with E-state index in [1.807, 2.05) is 17.0 Å². The van der Waals surface area contributed by atoms with Gasteiger partial charge in [0.25, 0.3) is 5.91 Å². The van der Waals surface area contributed by atoms with Crippen molar-refractivity contribution in [3.8, 4) is 0 Å². The van der Waals surface area contributed by atoms with Crippen molar-refractivity contribution in [2.24, 2.45) is 0 Å². The molecule has 1 aliphatic heterocycles. The first kappa shape index (κ1) is 19.9. The molecule has 1 aromatic heterocycles. The third-order valence-electron chi connectivity index (χ3n) is 5.04. The molecule has 0 bridgehead atoms. The molecule has 0 saturated carbocycles. The summed E-state index contributed by atoms with van der Waals surface area (Å²) >= 11 is 0. The van der Waals surface area contributed by atoms with Crippen LogP contribution in [-0.2, 0) is 4.74 Å². The molecule has 3 rings (SSSR count). The number of aromatic nitrogens is 1. The van der Waals surface area contributed by atoms with Gasteiger partial charge in [0.2, 0.25) is 0 Å². The Morgan fingerprint density at radius 2 is 2.04 bits per heavy atom. The maximum Gasteiger partial charge on any atom is 0.340 e. The second-order valence-corrected chi connectivity index (χ2v) is 6.88. The van der Waals surface area contributed by atoms with E-state index >= 15 is 0 Å². The summed E-state index contributed by atoms with van der Waals surface area (Å²) in [5.74, 6) is -0.413. The minimum Gasteiger partial charge on any atom is -0.462 e. The Bertz CT molecular complexity index is 837. The van der Waals surface area contributed by atoms with Gasteiger partial charge in [0.15, 0.2) is 0 Å². The summed E-state index contributed by atoms with van der Waals surface area (Å²) in [4.78, 5) is 31.4. The molecule has 28 heavy (non-hydrogen) atoms. The number of rotatable bonds is 6. The second kappa shape index (κ2) is 9.35. The Balaban J connectivity index is 1.81. The zero-order chi connectivity index (χ0) is 19.9. The number of amides is 1. The number of para-hydroxylation sites is 1. The molecule has 1 N–H and O–H groups in total. The molecule has 1 aliphatic rings. The van der Waals surface area contributed by atoms with E-state index < -0.39 is 0 Å². The number of carbonyl (C=O) groups excluding carboxylic acids is 2. The minimum absolute atomic E-state index is 0.0334. The van der Waals surface area contributed by atoms with E-state index in [2.05, 4.69) is 17.2 Å². The van der Waals surface area contributed by atoms with Crippen LogP contribution in [0.1, 0.15) is 60.4 Å². The van der Waals surface area contributed by atoms with Gasteiger partial charge >= 0.3 is 5.97 Å². The van der Waals surface area contributed by atoms with Crippen molar-refractivity contribution in [3.05, 3.63) is 53.9 Å². The van der Waals surface area contributed by atoms with Gasteiger partial charge in [0.05, 0.1) is 17.9 Å². The van der Waals surface area contributed by atoms with Crippen molar-refractivity contribution in [2.75, 3.05) is 18.5 Å². The van der Waals surface area contributed by atoms with Gasteiger partial charge in [-0.2, -0.15) is 0 Å². The first-order valence-electron chi connectivity index (χ1n) is 9.94. The fourth-order valence-electron chi connectivity index (χ4n) is 3.60. The van der Waals surface area contributed by atoms with Gasteiger partial charge in [-0.3, -0.25) is 9.78 Å². The molecule has 1 amide bonds. The monoisotopic (exact) mass is 381 g/mol. The van der Waals surface area contributed by atoms with Crippen molar-refractivity contribution in [1.29, 1.82) is 0 Å². The van der Waals surface area contributed by atoms with Gasteiger partial charge in [-0.05, 0) is 56.9 Å². The standard InChI is InChI=1S/C22H27N3O3/c1-3-17-9-7-8-14-25(17)21(26)20-15-16(12-13-23-20)24-19-11-6-5-10-18(19)22(27)28-4-2/h5-6,10-13,15,17H,3-4,7-9,14H2,1-2H3,(H,23,24). The highest BCUT2D eigenvalue weighted by Crippen LogP contribution is 2.24. The van der Waals surface area contributed by atoms with E-state index in [4.69, 9.17) is 4.74 Å². The topological polar surface area (TPSA) is 71.5 Å². The van der Waals surface area contributed by atoms with Crippen molar-refractivity contribution < 1.29 is 14.3 Å². The lowest BCUT2D eigenvalue weighted by molar-refractivity contribution is 0.0526. The number of esters is 1. The van der Waals surface area contributed by atoms with E-state index in [0.29, 0.717) is 29.2 Å². The molecule has 0 aliphatic carbocycles. The van der Waals surface area contributed by atoms with Gasteiger partial charge in [0, 0.05) is 24.5 Å². The number of hydrogen-bond donors (Lipinski definition) is 1. The third-order valence-corrected chi connectivity index (χ3v) is 5.04. The number of carbonyl (C=O) groups is 2. The van der Waals surface area contributed by atoms with Crippen LogP contribution in [0.25, 0.3) is 0 Å². The van der Waals surface area contributed by atoms with Crippen molar-refractivity contribution in [2.45, 2.75) is 45.6 Å². The summed E-state index contributed by atoms with van der Waals surface area (Å²) < 4.78 is 5.12. The fraction of sp³-hybridized carbons (Fsp3) is 0.409. The molecule has 148 valence electrons. The number of anilines is 2. The highest BCUT2D eigenvalue weighted by molar-refractivity contribution is 5.97. The summed E-state index contributed by atoms with van der Waals surface area (Å²) in [6, 6.07) is 11.0. The Morgan fingerprint density at radius 1 is 1.21 bits per heavy atom. The Morgan fingerprint density at radius 3 is 2.82 bits per heavy atom. The van der Waals surface area contributed by atoms with Crippen LogP contribution in [0.15, 0.2) is 42.6 Å². The molecule has 2 aromatic rings. The van der Waals surface area contributed by atoms with E-state index in [9.17, 15) is 9.59 Å². The first-order chi connectivity index (χ1) is 13.6. The van der Waals surface area contributed by atoms with Crippen LogP contribution in [0.2, 0.25) is 0 Å². The smallest absolute Gasteiger partial charge is 0.340 e. The molecule has 0 spiro atoms. The van der Waals surface area contributed by atoms with Crippen LogP contribution < -0.4 is 5.32 Å². The molecule has 1 aromatic carbocycles. The Hall–Kier alpha value is -2.89. The van der Waals surface area contributed by atoms with E-state index in [1.165, 1.54) is 6.42 Å². The number of hydrogen-bond acceptors (Lipinski definition) is 5. The minimum atomic E-state index is -0.380. The number of pyridine rings is 1. The van der Waals surface area contributed by atoms with Crippen LogP contribution in [0, 0.1) is 0 Å². The molecule has 1 saturated heterocycles. The molecule has 1 atom stereocenters. The van der Waals surface area contributed by atoms with E-state index in [-0.39, 0.29) is 17.9 Å². The predicted molar refractivity (Wildman–Crippen MR) is 109 cm³/mol. The third kappa shape index (κ3) is 4.50. The van der Waals surface area contributed by atoms with E-state index in [0.717, 1.165) is 25.8 Å². The van der Waals surface area contributed by atoms with Gasteiger partial charge in [-0.15, -0.1) is 0 Å². The molecular formula is C22H27N3O3. The largest absolute Gasteiger partial charge is 0.462 e. The van der Waals surface area contributed by atoms with Crippen LogP contribution in [0.5, 0.6) is 0 Å². The van der Waals surface area contributed by atoms with Crippen LogP contribution in [0.3, 0.4) is 0 Å². The van der Waals surface area contributed by atoms with E-state index in [1.54, 1.807) is 37.4 Å². The number of nitrogens with one attached hydrogen (secondary N) is 1. The van der Waals surface area contributed by atoms with Crippen molar-refractivity contribution >= 4 is 23.3 Å². The van der Waals surface area contributed by atoms with Crippen LogP contribution >= 0.6 is 0 Å². The summed E-state index contributed by atoms with van der Waals surface area (Å²) in [6.45, 7) is 4.99. The zero-order valence-electron chi connectivity index (χ0n) is 16.5. The Kier molecular flexibility index (Phi) is 6.63. The maximum absolute atomic E-state index is 13.0. The van der Waals surface area contributed by atoms with Gasteiger partial charge in [0.1, 0.15) is 5.69 Å². The molecule has 1 unspecified atom stereocenters. The summed E-state index contributed by atoms with van der Waals surface area (Å²) in [5.41, 5.74) is 2.21.